The molecular formula is C30H47NO7. The first kappa shape index (κ1) is 32.0. The van der Waals surface area contributed by atoms with Crippen LogP contribution in [0.25, 0.3) is 0 Å². The smallest absolute Gasteiger partial charge is 0.229 e. The van der Waals surface area contributed by atoms with E-state index in [1.807, 2.05) is 0 Å². The maximum absolute atomic E-state index is 12.2. The van der Waals surface area contributed by atoms with Crippen molar-refractivity contribution < 1.29 is 34.7 Å². The third kappa shape index (κ3) is 12.1. The molecule has 8 heteroatoms. The van der Waals surface area contributed by atoms with Gasteiger partial charge in [-0.2, -0.15) is 0 Å². The van der Waals surface area contributed by atoms with Crippen LogP contribution in [0.1, 0.15) is 84.0 Å². The Morgan fingerprint density at radius 1 is 0.868 bits per heavy atom. The molecule has 0 bridgehead atoms. The first-order valence-corrected chi connectivity index (χ1v) is 14.1. The van der Waals surface area contributed by atoms with Gasteiger partial charge in [-0.15, -0.1) is 0 Å². The molecule has 0 spiro atoms. The average molecular weight is 534 g/mol. The molecule has 38 heavy (non-hydrogen) atoms. The third-order valence-electron chi connectivity index (χ3n) is 6.59. The van der Waals surface area contributed by atoms with Crippen molar-refractivity contribution in [2.45, 2.75) is 115 Å². The van der Waals surface area contributed by atoms with Gasteiger partial charge in [0.15, 0.2) is 0 Å². The zero-order valence-corrected chi connectivity index (χ0v) is 22.7. The fourth-order valence-corrected chi connectivity index (χ4v) is 4.24. The van der Waals surface area contributed by atoms with Gasteiger partial charge >= 0.3 is 0 Å². The number of aliphatic hydroxyl groups is 4. The first-order chi connectivity index (χ1) is 18.5. The summed E-state index contributed by atoms with van der Waals surface area (Å²) in [5, 5.41) is 41.9. The lowest BCUT2D eigenvalue weighted by Gasteiger charge is -2.39. The highest BCUT2D eigenvalue weighted by Gasteiger charge is 2.44. The molecule has 1 fully saturated rings. The Kier molecular flexibility index (Phi) is 15.9. The normalized spacial score (nSPS) is 23.8. The number of carbonyl (C=O) groups excluding carboxylic acids is 1. The Balaban J connectivity index is 1.54. The number of nitrogens with one attached hydrogen (secondary N) is 1. The quantitative estimate of drug-likeness (QED) is 0.138. The molecule has 1 saturated heterocycles. The van der Waals surface area contributed by atoms with Crippen LogP contribution >= 0.6 is 0 Å². The van der Waals surface area contributed by atoms with E-state index in [0.29, 0.717) is 17.9 Å². The van der Waals surface area contributed by atoms with Crippen molar-refractivity contribution in [1.29, 1.82) is 0 Å². The molecule has 5 N–H and O–H groups in total. The van der Waals surface area contributed by atoms with Crippen molar-refractivity contribution in [3.05, 3.63) is 48.6 Å². The van der Waals surface area contributed by atoms with E-state index < -0.39 is 37.3 Å². The summed E-state index contributed by atoms with van der Waals surface area (Å²) in [7, 11) is 0. The molecule has 1 aliphatic heterocycles. The summed E-state index contributed by atoms with van der Waals surface area (Å²) in [4.78, 5) is 12.2. The first-order valence-electron chi connectivity index (χ1n) is 14.1. The highest BCUT2D eigenvalue weighted by molar-refractivity contribution is 5.90. The number of benzene rings is 1. The second-order valence-electron chi connectivity index (χ2n) is 9.87. The molecule has 214 valence electrons. The number of unbranched alkanes of at least 4 members (excludes halogenated alkanes) is 8. The van der Waals surface area contributed by atoms with Crippen molar-refractivity contribution in [1.82, 2.24) is 0 Å². The van der Waals surface area contributed by atoms with Crippen LogP contribution in [0.5, 0.6) is 5.75 Å². The molecular weight excluding hydrogens is 486 g/mol. The van der Waals surface area contributed by atoms with E-state index >= 15 is 0 Å². The highest BCUT2D eigenvalue weighted by Crippen LogP contribution is 2.25. The predicted molar refractivity (Wildman–Crippen MR) is 149 cm³/mol. The van der Waals surface area contributed by atoms with Gasteiger partial charge in [-0.3, -0.25) is 4.79 Å². The van der Waals surface area contributed by atoms with Crippen LogP contribution in [0.4, 0.5) is 5.69 Å². The van der Waals surface area contributed by atoms with E-state index in [0.717, 1.165) is 32.1 Å². The van der Waals surface area contributed by atoms with Crippen molar-refractivity contribution >= 4 is 11.6 Å². The average Bonchev–Trinajstić information content (AvgIpc) is 2.92. The number of allylic oxidation sites excluding steroid dienone is 4. The van der Waals surface area contributed by atoms with Gasteiger partial charge in [0, 0.05) is 12.1 Å². The minimum atomic E-state index is -1.50. The molecule has 0 aromatic heterocycles. The maximum Gasteiger partial charge on any atom is 0.229 e. The summed E-state index contributed by atoms with van der Waals surface area (Å²) in [6, 6.07) is 6.56. The molecule has 8 nitrogen and oxygen atoms in total. The number of hydrogen-bond donors (Lipinski definition) is 5. The molecule has 0 aliphatic carbocycles. The van der Waals surface area contributed by atoms with E-state index in [2.05, 4.69) is 36.5 Å². The summed E-state index contributed by atoms with van der Waals surface area (Å²) in [5.74, 6) is 0.305. The Hall–Kier alpha value is -2.23. The van der Waals surface area contributed by atoms with Gasteiger partial charge in [0.2, 0.25) is 12.2 Å². The molecule has 0 saturated carbocycles. The fraction of sp³-hybridized carbons (Fsp3) is 0.633. The van der Waals surface area contributed by atoms with E-state index in [4.69, 9.17) is 9.47 Å². The summed E-state index contributed by atoms with van der Waals surface area (Å²) in [6.07, 6.45) is 15.4. The highest BCUT2D eigenvalue weighted by atomic mass is 16.7. The van der Waals surface area contributed by atoms with Crippen LogP contribution in [0, 0.1) is 0 Å². The topological polar surface area (TPSA) is 128 Å². The molecule has 1 aromatic rings. The Morgan fingerprint density at radius 3 is 2.16 bits per heavy atom. The molecule has 1 heterocycles. The predicted octanol–water partition coefficient (Wildman–Crippen LogP) is 4.62. The minimum absolute atomic E-state index is 0.0433. The second-order valence-corrected chi connectivity index (χ2v) is 9.87. The lowest BCUT2D eigenvalue weighted by atomic mass is 9.99. The van der Waals surface area contributed by atoms with Crippen molar-refractivity contribution in [3.63, 3.8) is 0 Å². The summed E-state index contributed by atoms with van der Waals surface area (Å²) in [5.41, 5.74) is 0.624. The van der Waals surface area contributed by atoms with E-state index in [1.54, 1.807) is 24.3 Å². The Morgan fingerprint density at radius 2 is 1.50 bits per heavy atom. The minimum Gasteiger partial charge on any atom is -0.462 e. The van der Waals surface area contributed by atoms with Crippen molar-refractivity contribution in [2.24, 2.45) is 0 Å². The zero-order valence-electron chi connectivity index (χ0n) is 22.7. The van der Waals surface area contributed by atoms with E-state index in [-0.39, 0.29) is 5.91 Å². The number of amides is 1. The molecule has 1 amide bonds. The molecule has 0 radical (unpaired) electrons. The SMILES string of the molecule is CCCCC/C=C\C/C=C\CCCCCCCC(=O)Nc1ccc(O[C@@H]2O[C@H](CO)[C@@H](O)[C@H](O)[C@H]2O)cc1. The van der Waals surface area contributed by atoms with E-state index in [9.17, 15) is 25.2 Å². The molecule has 5 atom stereocenters. The molecule has 1 aliphatic rings. The number of ether oxygens (including phenoxy) is 2. The second kappa shape index (κ2) is 18.9. The van der Waals surface area contributed by atoms with Crippen LogP contribution in [-0.4, -0.2) is 63.6 Å². The van der Waals surface area contributed by atoms with Crippen LogP contribution in [0.2, 0.25) is 0 Å². The largest absolute Gasteiger partial charge is 0.462 e. The number of carbonyl (C=O) groups is 1. The van der Waals surface area contributed by atoms with Gasteiger partial charge in [0.25, 0.3) is 0 Å². The van der Waals surface area contributed by atoms with Gasteiger partial charge < -0.3 is 35.2 Å². The van der Waals surface area contributed by atoms with Gasteiger partial charge in [0.1, 0.15) is 30.2 Å². The Bertz CT molecular complexity index is 824. The lowest BCUT2D eigenvalue weighted by Crippen LogP contribution is -2.60. The third-order valence-corrected chi connectivity index (χ3v) is 6.59. The van der Waals surface area contributed by atoms with Crippen LogP contribution in [0.3, 0.4) is 0 Å². The number of aliphatic hydroxyl groups excluding tert-OH is 4. The standard InChI is InChI=1S/C30H47NO7/c1-2-3-4-5-6-7-8-9-10-11-12-13-14-15-16-17-26(33)31-23-18-20-24(21-19-23)37-30-29(36)28(35)27(34)25(22-32)38-30/h6-7,9-10,18-21,25,27-30,32,34-36H,2-5,8,11-17,22H2,1H3,(H,31,33)/b7-6-,10-9-/t25-,27-,28+,29-,30-/m1/s1. The molecule has 1 aromatic carbocycles. The number of anilines is 1. The van der Waals surface area contributed by atoms with Gasteiger partial charge in [0.05, 0.1) is 6.61 Å². The summed E-state index contributed by atoms with van der Waals surface area (Å²) < 4.78 is 10.9. The maximum atomic E-state index is 12.2. The lowest BCUT2D eigenvalue weighted by molar-refractivity contribution is -0.277. The zero-order chi connectivity index (χ0) is 27.6. The summed E-state index contributed by atoms with van der Waals surface area (Å²) >= 11 is 0. The van der Waals surface area contributed by atoms with Gasteiger partial charge in [-0.1, -0.05) is 63.3 Å². The molecule has 2 rings (SSSR count). The van der Waals surface area contributed by atoms with Crippen LogP contribution in [-0.2, 0) is 9.53 Å². The van der Waals surface area contributed by atoms with Crippen LogP contribution < -0.4 is 10.1 Å². The fourth-order valence-electron chi connectivity index (χ4n) is 4.24. The summed E-state index contributed by atoms with van der Waals surface area (Å²) in [6.45, 7) is 1.70. The van der Waals surface area contributed by atoms with Crippen LogP contribution in [0.15, 0.2) is 48.6 Å². The molecule has 0 unspecified atom stereocenters. The van der Waals surface area contributed by atoms with E-state index in [1.165, 1.54) is 38.5 Å². The Labute approximate surface area is 227 Å². The van der Waals surface area contributed by atoms with Crippen molar-refractivity contribution in [3.8, 4) is 5.75 Å². The number of rotatable bonds is 18. The van der Waals surface area contributed by atoms with Gasteiger partial charge in [-0.05, 0) is 62.8 Å². The van der Waals surface area contributed by atoms with Crippen molar-refractivity contribution in [2.75, 3.05) is 11.9 Å². The van der Waals surface area contributed by atoms with Gasteiger partial charge in [-0.25, -0.2) is 0 Å². The monoisotopic (exact) mass is 533 g/mol. The number of hydrogen-bond acceptors (Lipinski definition) is 7.